The lowest BCUT2D eigenvalue weighted by atomic mass is 10.0. The van der Waals surface area contributed by atoms with Crippen LogP contribution in [0.25, 0.3) is 0 Å². The van der Waals surface area contributed by atoms with Crippen LogP contribution in [0.4, 0.5) is 8.78 Å². The molecule has 1 aromatic carbocycles. The summed E-state index contributed by atoms with van der Waals surface area (Å²) in [6.07, 6.45) is -2.08. The van der Waals surface area contributed by atoms with Gasteiger partial charge in [-0.3, -0.25) is 4.79 Å². The van der Waals surface area contributed by atoms with Gasteiger partial charge in [0.25, 0.3) is 12.3 Å². The number of amides is 1. The molecule has 7 nitrogen and oxygen atoms in total. The molecule has 0 saturated heterocycles. The zero-order valence-electron chi connectivity index (χ0n) is 15.8. The number of benzene rings is 1. The first-order chi connectivity index (χ1) is 13.2. The Morgan fingerprint density at radius 3 is 2.57 bits per heavy atom. The van der Waals surface area contributed by atoms with E-state index in [0.29, 0.717) is 16.7 Å². The Kier molecular flexibility index (Phi) is 5.46. The molecule has 9 heteroatoms. The maximum atomic E-state index is 13.3. The molecule has 0 unspecified atom stereocenters. The van der Waals surface area contributed by atoms with Gasteiger partial charge >= 0.3 is 0 Å². The second-order valence-corrected chi connectivity index (χ2v) is 7.05. The van der Waals surface area contributed by atoms with Gasteiger partial charge < -0.3 is 9.84 Å². The summed E-state index contributed by atoms with van der Waals surface area (Å²) in [4.78, 5) is 12.5. The molecular weight excluding hydrogens is 370 g/mol. The number of carbonyl (C=O) groups excluding carboxylic acids is 1. The minimum atomic E-state index is -3.16. The Bertz CT molecular complexity index is 880. The zero-order valence-corrected chi connectivity index (χ0v) is 15.8. The number of aromatic nitrogens is 2. The Balaban J connectivity index is 1.67. The molecule has 1 atom stereocenters. The summed E-state index contributed by atoms with van der Waals surface area (Å²) in [6, 6.07) is 8.99. The molecule has 1 aliphatic heterocycles. The second-order valence-electron chi connectivity index (χ2n) is 7.05. The van der Waals surface area contributed by atoms with Crippen molar-refractivity contribution < 1.29 is 23.4 Å². The van der Waals surface area contributed by atoms with Crippen LogP contribution in [0.5, 0.6) is 5.75 Å². The second kappa shape index (κ2) is 7.67. The lowest BCUT2D eigenvalue weighted by Gasteiger charge is -2.29. The van der Waals surface area contributed by atoms with Crippen LogP contribution in [0.3, 0.4) is 0 Å². The van der Waals surface area contributed by atoms with E-state index in [9.17, 15) is 18.7 Å². The molecule has 0 spiro atoms. The fourth-order valence-corrected chi connectivity index (χ4v) is 2.88. The number of halogens is 2. The smallest absolute Gasteiger partial charge is 0.297 e. The van der Waals surface area contributed by atoms with Crippen LogP contribution < -0.4 is 4.74 Å². The topological polar surface area (TPSA) is 80.0 Å². The first kappa shape index (κ1) is 19.9. The van der Waals surface area contributed by atoms with E-state index in [1.54, 1.807) is 0 Å². The highest BCUT2D eigenvalue weighted by atomic mass is 19.3. The molecule has 1 aliphatic rings. The molecule has 0 aliphatic carbocycles. The average molecular weight is 392 g/mol. The summed E-state index contributed by atoms with van der Waals surface area (Å²) < 4.78 is 33.5. The average Bonchev–Trinajstić information content (AvgIpc) is 3.24. The van der Waals surface area contributed by atoms with Crippen LogP contribution in [-0.2, 0) is 6.73 Å². The molecule has 150 valence electrons. The van der Waals surface area contributed by atoms with Gasteiger partial charge in [-0.2, -0.15) is 15.2 Å². The van der Waals surface area contributed by atoms with Crippen LogP contribution >= 0.6 is 0 Å². The Morgan fingerprint density at radius 2 is 1.96 bits per heavy atom. The molecule has 1 N–H and O–H groups in total. The van der Waals surface area contributed by atoms with Crippen molar-refractivity contribution in [1.29, 1.82) is 0 Å². The monoisotopic (exact) mass is 392 g/mol. The Labute approximate surface area is 161 Å². The van der Waals surface area contributed by atoms with E-state index < -0.39 is 24.5 Å². The van der Waals surface area contributed by atoms with Crippen molar-refractivity contribution in [3.8, 4) is 5.75 Å². The van der Waals surface area contributed by atoms with Crippen LogP contribution in [0.2, 0.25) is 0 Å². The maximum Gasteiger partial charge on any atom is 0.297 e. The largest absolute Gasteiger partial charge is 0.471 e. The van der Waals surface area contributed by atoms with E-state index >= 15 is 0 Å². The molecule has 2 aromatic rings. The third kappa shape index (κ3) is 3.89. The highest BCUT2D eigenvalue weighted by Gasteiger charge is 2.51. The van der Waals surface area contributed by atoms with Gasteiger partial charge in [0.15, 0.2) is 12.4 Å². The predicted molar refractivity (Wildman–Crippen MR) is 98.2 cm³/mol. The van der Waals surface area contributed by atoms with Gasteiger partial charge in [0.2, 0.25) is 5.72 Å². The van der Waals surface area contributed by atoms with Gasteiger partial charge in [0.1, 0.15) is 5.75 Å². The predicted octanol–water partition coefficient (Wildman–Crippen LogP) is 3.22. The molecule has 2 heterocycles. The lowest BCUT2D eigenvalue weighted by Crippen LogP contribution is -2.51. The SMILES string of the molecule is CC1=NN(C(=O)c2ccn(COc3ccc(C(C)C)cc3)n2)[C@@](O)(C(F)F)C1. The van der Waals surface area contributed by atoms with E-state index in [2.05, 4.69) is 24.0 Å². The molecule has 0 fully saturated rings. The fourth-order valence-electron chi connectivity index (χ4n) is 2.88. The van der Waals surface area contributed by atoms with Gasteiger partial charge in [-0.05, 0) is 36.6 Å². The zero-order chi connectivity index (χ0) is 20.5. The fraction of sp³-hybridized carbons (Fsp3) is 0.421. The highest BCUT2D eigenvalue weighted by Crippen LogP contribution is 2.32. The summed E-state index contributed by atoms with van der Waals surface area (Å²) in [5.74, 6) is 0.150. The first-order valence-electron chi connectivity index (χ1n) is 8.86. The van der Waals surface area contributed by atoms with E-state index in [1.807, 2.05) is 24.3 Å². The van der Waals surface area contributed by atoms with Crippen molar-refractivity contribution in [2.75, 3.05) is 0 Å². The molecule has 28 heavy (non-hydrogen) atoms. The van der Waals surface area contributed by atoms with Crippen molar-refractivity contribution in [1.82, 2.24) is 14.8 Å². The summed E-state index contributed by atoms with van der Waals surface area (Å²) in [5, 5.41) is 18.3. The number of hydrogen-bond acceptors (Lipinski definition) is 5. The number of hydrazone groups is 1. The number of carbonyl (C=O) groups is 1. The van der Waals surface area contributed by atoms with E-state index in [1.165, 1.54) is 29.4 Å². The molecule has 3 rings (SSSR count). The summed E-state index contributed by atoms with van der Waals surface area (Å²) in [7, 11) is 0. The number of nitrogens with zero attached hydrogens (tertiary/aromatic N) is 4. The van der Waals surface area contributed by atoms with Crippen LogP contribution in [0, 0.1) is 0 Å². The summed E-state index contributed by atoms with van der Waals surface area (Å²) >= 11 is 0. The van der Waals surface area contributed by atoms with E-state index in [0.717, 1.165) is 0 Å². The van der Waals surface area contributed by atoms with Crippen molar-refractivity contribution in [2.24, 2.45) is 5.10 Å². The molecule has 1 aromatic heterocycles. The third-order valence-electron chi connectivity index (χ3n) is 4.47. The minimum Gasteiger partial charge on any atom is -0.471 e. The van der Waals surface area contributed by atoms with Gasteiger partial charge in [-0.25, -0.2) is 13.5 Å². The minimum absolute atomic E-state index is 0.0374. The Hall–Kier alpha value is -2.81. The van der Waals surface area contributed by atoms with Crippen LogP contribution in [0.15, 0.2) is 41.6 Å². The summed E-state index contributed by atoms with van der Waals surface area (Å²) in [5.41, 5.74) is -1.34. The van der Waals surface area contributed by atoms with Crippen molar-refractivity contribution in [3.63, 3.8) is 0 Å². The first-order valence-corrected chi connectivity index (χ1v) is 8.86. The van der Waals surface area contributed by atoms with Crippen LogP contribution in [0.1, 0.15) is 49.2 Å². The third-order valence-corrected chi connectivity index (χ3v) is 4.47. The number of aliphatic hydroxyl groups is 1. The lowest BCUT2D eigenvalue weighted by molar-refractivity contribution is -0.164. The van der Waals surface area contributed by atoms with Gasteiger partial charge in [-0.1, -0.05) is 26.0 Å². The normalized spacial score (nSPS) is 19.4. The number of rotatable bonds is 6. The molecule has 1 amide bonds. The quantitative estimate of drug-likeness (QED) is 0.819. The van der Waals surface area contributed by atoms with Crippen molar-refractivity contribution >= 4 is 11.6 Å². The van der Waals surface area contributed by atoms with E-state index in [-0.39, 0.29) is 18.1 Å². The number of hydrogen-bond donors (Lipinski definition) is 1. The number of alkyl halides is 2. The molecule has 0 radical (unpaired) electrons. The molecule has 0 saturated carbocycles. The maximum absolute atomic E-state index is 13.3. The summed E-state index contributed by atoms with van der Waals surface area (Å²) in [6.45, 7) is 5.70. The van der Waals surface area contributed by atoms with Gasteiger partial charge in [-0.15, -0.1) is 0 Å². The molecule has 0 bridgehead atoms. The molecular formula is C19H22F2N4O3. The van der Waals surface area contributed by atoms with Gasteiger partial charge in [0, 0.05) is 18.3 Å². The highest BCUT2D eigenvalue weighted by molar-refractivity contribution is 5.96. The van der Waals surface area contributed by atoms with Crippen LogP contribution in [-0.4, -0.2) is 43.7 Å². The Morgan fingerprint density at radius 1 is 1.29 bits per heavy atom. The van der Waals surface area contributed by atoms with Crippen molar-refractivity contribution in [3.05, 3.63) is 47.8 Å². The standard InChI is InChI=1S/C19H22F2N4O3/c1-12(2)14-4-6-15(7-5-14)28-11-24-9-8-16(23-24)17(26)25-19(27,18(20)21)10-13(3)22-25/h4-9,12,18,27H,10-11H2,1-3H3/t19-/m0/s1. The number of ether oxygens (including phenoxy) is 1. The van der Waals surface area contributed by atoms with E-state index in [4.69, 9.17) is 4.74 Å². The van der Waals surface area contributed by atoms with Gasteiger partial charge in [0.05, 0.1) is 0 Å². The van der Waals surface area contributed by atoms with Crippen molar-refractivity contribution in [2.45, 2.75) is 52.0 Å².